The third-order valence-electron chi connectivity index (χ3n) is 9.19. The van der Waals surface area contributed by atoms with Gasteiger partial charge in [0.05, 0.1) is 22.5 Å². The van der Waals surface area contributed by atoms with Crippen LogP contribution in [0.15, 0.2) is 58.4 Å². The molecule has 2 amide bonds. The lowest BCUT2D eigenvalue weighted by Gasteiger charge is -2.43. The normalized spacial score (nSPS) is 30.9. The molecule has 1 N–H and O–H groups in total. The van der Waals surface area contributed by atoms with Crippen LogP contribution in [0.25, 0.3) is 0 Å². The predicted octanol–water partition coefficient (Wildman–Crippen LogP) is 5.10. The highest BCUT2D eigenvalue weighted by Crippen LogP contribution is 2.68. The van der Waals surface area contributed by atoms with Crippen molar-refractivity contribution >= 4 is 46.3 Å². The highest BCUT2D eigenvalue weighted by atomic mass is 32.2. The first-order valence-corrected chi connectivity index (χ1v) is 15.0. The quantitative estimate of drug-likeness (QED) is 0.449. The largest absolute Gasteiger partial charge is 0.372 e. The maximum Gasteiger partial charge on any atom is 0.305 e. The van der Waals surface area contributed by atoms with Crippen LogP contribution in [0.4, 0.5) is 15.8 Å². The number of aromatic nitrogens is 1. The standard InChI is InChI=1S/C29H28FN3O3S2/c1-3-32(4-2)16-9-5-14(6-10-16)20-21-18-13-19(24(21)37-26-25(20)38-29(36)31-26)23-22(18)27(34)33(28(23)35)17-11-7-15(30)8-12-17/h5-12,18-24H,3-4,13H2,1-2H3,(H,31,36)/t18-,19+,20+,21+,22+,23-,24-/m1/s1. The number of thioether (sulfide) groups is 1. The second-order valence-corrected chi connectivity index (χ2v) is 12.9. The molecule has 6 nitrogen and oxygen atoms in total. The molecule has 9 heteroatoms. The minimum absolute atomic E-state index is 0.00433. The van der Waals surface area contributed by atoms with Gasteiger partial charge >= 0.3 is 4.87 Å². The SMILES string of the molecule is CCN(CC)c1ccc([C@@H]2c3sc(=O)[nH]c3S[C@@H]3[C@H]4C[C@@H]([C@@H]5C(=O)N(c6ccc(F)cc6)C(=O)[C@H]45)[C@@H]23)cc1. The summed E-state index contributed by atoms with van der Waals surface area (Å²) in [5, 5.41) is 1.06. The third-order valence-corrected chi connectivity index (χ3v) is 11.8. The van der Waals surface area contributed by atoms with Crippen molar-refractivity contribution in [2.24, 2.45) is 29.6 Å². The zero-order valence-electron chi connectivity index (χ0n) is 21.1. The lowest BCUT2D eigenvalue weighted by molar-refractivity contribution is -0.123. The van der Waals surface area contributed by atoms with Crippen molar-refractivity contribution in [2.75, 3.05) is 22.9 Å². The van der Waals surface area contributed by atoms with E-state index in [1.54, 1.807) is 11.8 Å². The van der Waals surface area contributed by atoms with Crippen LogP contribution in [0.2, 0.25) is 0 Å². The van der Waals surface area contributed by atoms with Crippen LogP contribution in [0.5, 0.6) is 0 Å². The number of hydrogen-bond donors (Lipinski definition) is 1. The summed E-state index contributed by atoms with van der Waals surface area (Å²) in [4.78, 5) is 47.5. The molecule has 38 heavy (non-hydrogen) atoms. The molecular weight excluding hydrogens is 521 g/mol. The van der Waals surface area contributed by atoms with Crippen molar-refractivity contribution in [3.63, 3.8) is 0 Å². The number of anilines is 2. The number of amides is 2. The summed E-state index contributed by atoms with van der Waals surface area (Å²) in [7, 11) is 0. The Bertz CT molecular complexity index is 1480. The molecule has 0 spiro atoms. The fourth-order valence-corrected chi connectivity index (χ4v) is 10.6. The number of halogens is 1. The summed E-state index contributed by atoms with van der Waals surface area (Å²) < 4.78 is 13.6. The van der Waals surface area contributed by atoms with Gasteiger partial charge in [-0.05, 0) is 80.0 Å². The first-order chi connectivity index (χ1) is 18.4. The monoisotopic (exact) mass is 549 g/mol. The van der Waals surface area contributed by atoms with E-state index in [9.17, 15) is 18.8 Å². The van der Waals surface area contributed by atoms with Crippen LogP contribution in [0, 0.1) is 35.4 Å². The number of hydrogen-bond acceptors (Lipinski definition) is 6. The van der Waals surface area contributed by atoms with Crippen LogP contribution in [-0.4, -0.2) is 35.1 Å². The van der Waals surface area contributed by atoms with Crippen molar-refractivity contribution < 1.29 is 14.0 Å². The zero-order valence-corrected chi connectivity index (χ0v) is 22.7. The minimum Gasteiger partial charge on any atom is -0.372 e. The predicted molar refractivity (Wildman–Crippen MR) is 147 cm³/mol. The van der Waals surface area contributed by atoms with Crippen LogP contribution in [0.1, 0.15) is 36.6 Å². The average Bonchev–Trinajstić information content (AvgIpc) is 3.65. The lowest BCUT2D eigenvalue weighted by Crippen LogP contribution is -2.42. The minimum atomic E-state index is -0.398. The third kappa shape index (κ3) is 3.33. The van der Waals surface area contributed by atoms with E-state index in [4.69, 9.17) is 0 Å². The number of nitrogens with zero attached hydrogens (tertiary/aromatic N) is 2. The number of benzene rings is 2. The Kier molecular flexibility index (Phi) is 5.60. The molecule has 7 atom stereocenters. The Balaban J connectivity index is 1.28. The summed E-state index contributed by atoms with van der Waals surface area (Å²) in [5.74, 6) is -1.16. The lowest BCUT2D eigenvalue weighted by atomic mass is 9.68. The van der Waals surface area contributed by atoms with Gasteiger partial charge in [0.2, 0.25) is 11.8 Å². The van der Waals surface area contributed by atoms with E-state index in [2.05, 4.69) is 48.0 Å². The van der Waals surface area contributed by atoms with Gasteiger partial charge in [-0.1, -0.05) is 23.5 Å². The molecule has 0 radical (unpaired) electrons. The molecule has 2 bridgehead atoms. The highest BCUT2D eigenvalue weighted by molar-refractivity contribution is 8.00. The van der Waals surface area contributed by atoms with E-state index >= 15 is 0 Å². The summed E-state index contributed by atoms with van der Waals surface area (Å²) in [6.07, 6.45) is 0.847. The summed E-state index contributed by atoms with van der Waals surface area (Å²) >= 11 is 2.97. The molecule has 1 saturated heterocycles. The van der Waals surface area contributed by atoms with E-state index in [0.29, 0.717) is 5.69 Å². The topological polar surface area (TPSA) is 73.5 Å². The molecule has 196 valence electrons. The van der Waals surface area contributed by atoms with Crippen molar-refractivity contribution in [3.8, 4) is 0 Å². The van der Waals surface area contributed by atoms with Crippen molar-refractivity contribution in [1.82, 2.24) is 4.98 Å². The molecule has 2 aliphatic carbocycles. The molecular formula is C29H28FN3O3S2. The second-order valence-electron chi connectivity index (χ2n) is 10.7. The number of fused-ring (bicyclic) bond motifs is 9. The van der Waals surface area contributed by atoms with E-state index in [1.807, 2.05) is 0 Å². The Morgan fingerprint density at radius 2 is 1.61 bits per heavy atom. The van der Waals surface area contributed by atoms with E-state index in [-0.39, 0.29) is 57.4 Å². The maximum atomic E-state index is 13.8. The fraction of sp³-hybridized carbons (Fsp3) is 0.414. The molecule has 2 saturated carbocycles. The smallest absolute Gasteiger partial charge is 0.305 e. The number of nitrogens with one attached hydrogen (secondary N) is 1. The van der Waals surface area contributed by atoms with Crippen molar-refractivity contribution in [2.45, 2.75) is 36.5 Å². The van der Waals surface area contributed by atoms with E-state index in [1.165, 1.54) is 46.2 Å². The number of carbonyl (C=O) groups is 2. The average molecular weight is 550 g/mol. The fourth-order valence-electron chi connectivity index (χ4n) is 7.72. The van der Waals surface area contributed by atoms with Crippen molar-refractivity contribution in [3.05, 3.63) is 74.5 Å². The van der Waals surface area contributed by atoms with Gasteiger partial charge in [0.1, 0.15) is 5.82 Å². The molecule has 3 heterocycles. The summed E-state index contributed by atoms with van der Waals surface area (Å²) in [6.45, 7) is 6.14. The number of H-pyrrole nitrogens is 1. The number of carbonyl (C=O) groups excluding carboxylic acids is 2. The second kappa shape index (κ2) is 8.81. The first kappa shape index (κ1) is 24.2. The molecule has 4 aliphatic rings. The van der Waals surface area contributed by atoms with Gasteiger partial charge in [0.25, 0.3) is 0 Å². The van der Waals surface area contributed by atoms with Crippen LogP contribution in [0.3, 0.4) is 0 Å². The summed E-state index contributed by atoms with van der Waals surface area (Å²) in [5.41, 5.74) is 2.77. The van der Waals surface area contributed by atoms with Gasteiger partial charge in [-0.25, -0.2) is 4.39 Å². The van der Waals surface area contributed by atoms with Crippen LogP contribution >= 0.6 is 23.1 Å². The molecule has 3 fully saturated rings. The molecule has 1 aromatic heterocycles. The van der Waals surface area contributed by atoms with Crippen LogP contribution < -0.4 is 14.7 Å². The highest BCUT2D eigenvalue weighted by Gasteiger charge is 2.69. The van der Waals surface area contributed by atoms with Gasteiger partial charge in [-0.2, -0.15) is 0 Å². The van der Waals surface area contributed by atoms with E-state index < -0.39 is 5.82 Å². The number of thiazole rings is 1. The van der Waals surface area contributed by atoms with Gasteiger partial charge < -0.3 is 9.88 Å². The maximum absolute atomic E-state index is 13.8. The Hall–Kier alpha value is -2.91. The molecule has 2 aromatic carbocycles. The zero-order chi connectivity index (χ0) is 26.3. The Labute approximate surface area is 228 Å². The van der Waals surface area contributed by atoms with Crippen molar-refractivity contribution in [1.29, 1.82) is 0 Å². The molecule has 3 aromatic rings. The molecule has 7 rings (SSSR count). The van der Waals surface area contributed by atoms with E-state index in [0.717, 1.165) is 35.0 Å². The molecule has 2 aliphatic heterocycles. The van der Waals surface area contributed by atoms with Gasteiger partial charge in [0.15, 0.2) is 0 Å². The van der Waals surface area contributed by atoms with Gasteiger partial charge in [-0.3, -0.25) is 19.3 Å². The Morgan fingerprint density at radius 3 is 2.26 bits per heavy atom. The van der Waals surface area contributed by atoms with Gasteiger partial charge in [-0.15, -0.1) is 11.8 Å². The first-order valence-electron chi connectivity index (χ1n) is 13.3. The molecule has 0 unspecified atom stereocenters. The number of imide groups is 1. The van der Waals surface area contributed by atoms with Gasteiger partial charge in [0, 0.05) is 34.8 Å². The summed E-state index contributed by atoms with van der Waals surface area (Å²) in [6, 6.07) is 14.3. The Morgan fingerprint density at radius 1 is 0.947 bits per heavy atom. The number of aromatic amines is 1. The number of rotatable bonds is 5. The van der Waals surface area contributed by atoms with Crippen LogP contribution in [-0.2, 0) is 9.59 Å².